The molecule has 0 saturated carbocycles. The Morgan fingerprint density at radius 1 is 1.07 bits per heavy atom. The van der Waals surface area contributed by atoms with E-state index in [9.17, 15) is 4.79 Å². The number of amides is 1. The molecular weight excluding hydrogens is 378 g/mol. The number of aryl methyl sites for hydroxylation is 2. The van der Waals surface area contributed by atoms with E-state index in [1.165, 1.54) is 0 Å². The van der Waals surface area contributed by atoms with Crippen LogP contribution in [0.5, 0.6) is 0 Å². The molecule has 5 rings (SSSR count). The van der Waals surface area contributed by atoms with E-state index in [0.717, 1.165) is 68.6 Å². The SMILES string of the molecule is Cc1noc(C)c1C(=O)N1CCCC2(CCCN2c2ncc3ccccc3n2)CC1. The van der Waals surface area contributed by atoms with Crippen LogP contribution in [0.25, 0.3) is 10.9 Å². The van der Waals surface area contributed by atoms with Crippen molar-refractivity contribution in [1.29, 1.82) is 0 Å². The molecule has 4 heterocycles. The molecule has 0 bridgehead atoms. The standard InChI is InChI=1S/C23H27N5O2/c1-16-20(17(2)30-26-16)21(29)27-12-5-9-23(11-14-27)10-6-13-28(23)22-24-15-18-7-3-4-8-19(18)25-22/h3-4,7-8,15H,5-6,9-14H2,1-2H3. The average molecular weight is 406 g/mol. The lowest BCUT2D eigenvalue weighted by molar-refractivity contribution is 0.0757. The number of hydrogen-bond donors (Lipinski definition) is 0. The first-order chi connectivity index (χ1) is 14.6. The Bertz CT molecular complexity index is 1070. The lowest BCUT2D eigenvalue weighted by atomic mass is 9.88. The van der Waals surface area contributed by atoms with Gasteiger partial charge in [0.2, 0.25) is 5.95 Å². The molecule has 1 atom stereocenters. The van der Waals surface area contributed by atoms with Gasteiger partial charge in [-0.15, -0.1) is 0 Å². The van der Waals surface area contributed by atoms with E-state index in [1.54, 1.807) is 0 Å². The smallest absolute Gasteiger partial charge is 0.259 e. The number of rotatable bonds is 2. The normalized spacial score (nSPS) is 22.1. The van der Waals surface area contributed by atoms with Crippen molar-refractivity contribution in [2.75, 3.05) is 24.5 Å². The second-order valence-corrected chi connectivity index (χ2v) is 8.55. The maximum atomic E-state index is 13.1. The van der Waals surface area contributed by atoms with Crippen molar-refractivity contribution in [1.82, 2.24) is 20.0 Å². The van der Waals surface area contributed by atoms with Gasteiger partial charge in [0.1, 0.15) is 11.3 Å². The molecule has 0 N–H and O–H groups in total. The Balaban J connectivity index is 1.39. The number of para-hydroxylation sites is 1. The molecule has 1 amide bonds. The molecule has 30 heavy (non-hydrogen) atoms. The Morgan fingerprint density at radius 2 is 1.87 bits per heavy atom. The number of benzene rings is 1. The van der Waals surface area contributed by atoms with Crippen LogP contribution >= 0.6 is 0 Å². The third-order valence-corrected chi connectivity index (χ3v) is 6.77. The van der Waals surface area contributed by atoms with Crippen molar-refractivity contribution in [3.8, 4) is 0 Å². The van der Waals surface area contributed by atoms with Crippen LogP contribution in [0.3, 0.4) is 0 Å². The number of anilines is 1. The minimum absolute atomic E-state index is 0.0240. The van der Waals surface area contributed by atoms with Crippen LogP contribution in [0.2, 0.25) is 0 Å². The summed E-state index contributed by atoms with van der Waals surface area (Å²) in [6, 6.07) is 8.12. The van der Waals surface area contributed by atoms with Crippen molar-refractivity contribution in [2.24, 2.45) is 0 Å². The summed E-state index contributed by atoms with van der Waals surface area (Å²) in [7, 11) is 0. The second-order valence-electron chi connectivity index (χ2n) is 8.55. The van der Waals surface area contributed by atoms with Crippen LogP contribution in [0.15, 0.2) is 35.0 Å². The Labute approximate surface area is 176 Å². The highest BCUT2D eigenvalue weighted by Gasteiger charge is 2.43. The van der Waals surface area contributed by atoms with E-state index in [-0.39, 0.29) is 11.4 Å². The molecule has 7 nitrogen and oxygen atoms in total. The van der Waals surface area contributed by atoms with Crippen molar-refractivity contribution in [3.05, 3.63) is 47.5 Å². The maximum absolute atomic E-state index is 13.1. The number of carbonyl (C=O) groups is 1. The van der Waals surface area contributed by atoms with Gasteiger partial charge in [0.05, 0.1) is 11.2 Å². The van der Waals surface area contributed by atoms with Crippen molar-refractivity contribution < 1.29 is 9.32 Å². The van der Waals surface area contributed by atoms with Crippen molar-refractivity contribution >= 4 is 22.8 Å². The van der Waals surface area contributed by atoms with E-state index < -0.39 is 0 Å². The zero-order chi connectivity index (χ0) is 20.7. The zero-order valence-corrected chi connectivity index (χ0v) is 17.6. The van der Waals surface area contributed by atoms with Gasteiger partial charge in [-0.25, -0.2) is 9.97 Å². The summed E-state index contributed by atoms with van der Waals surface area (Å²) in [6.07, 6.45) is 7.13. The van der Waals surface area contributed by atoms with Crippen LogP contribution in [0.1, 0.15) is 53.9 Å². The summed E-state index contributed by atoms with van der Waals surface area (Å²) in [4.78, 5) is 27.1. The topological polar surface area (TPSA) is 75.4 Å². The molecule has 1 aromatic carbocycles. The van der Waals surface area contributed by atoms with Gasteiger partial charge in [-0.2, -0.15) is 0 Å². The van der Waals surface area contributed by atoms with Gasteiger partial charge in [0.25, 0.3) is 5.91 Å². The number of aromatic nitrogens is 3. The number of nitrogens with zero attached hydrogens (tertiary/aromatic N) is 5. The molecule has 2 aliphatic rings. The number of likely N-dealkylation sites (tertiary alicyclic amines) is 1. The predicted molar refractivity (Wildman–Crippen MR) is 115 cm³/mol. The van der Waals surface area contributed by atoms with E-state index in [4.69, 9.17) is 14.5 Å². The maximum Gasteiger partial charge on any atom is 0.259 e. The fraction of sp³-hybridized carbons (Fsp3) is 0.478. The quantitative estimate of drug-likeness (QED) is 0.644. The van der Waals surface area contributed by atoms with Gasteiger partial charge in [-0.1, -0.05) is 23.4 Å². The highest BCUT2D eigenvalue weighted by Crippen LogP contribution is 2.40. The Kier molecular flexibility index (Phi) is 4.68. The summed E-state index contributed by atoms with van der Waals surface area (Å²) in [5, 5.41) is 5.02. The zero-order valence-electron chi connectivity index (χ0n) is 17.6. The number of carbonyl (C=O) groups excluding carboxylic acids is 1. The first-order valence-corrected chi connectivity index (χ1v) is 10.8. The van der Waals surface area contributed by atoms with Crippen LogP contribution in [-0.2, 0) is 0 Å². The van der Waals surface area contributed by atoms with Crippen LogP contribution in [-0.4, -0.2) is 51.1 Å². The fourth-order valence-electron chi connectivity index (χ4n) is 5.19. The summed E-state index contributed by atoms with van der Waals surface area (Å²) < 4.78 is 5.22. The number of fused-ring (bicyclic) bond motifs is 1. The molecule has 3 aromatic rings. The monoisotopic (exact) mass is 405 g/mol. The molecular formula is C23H27N5O2. The minimum Gasteiger partial charge on any atom is -0.361 e. The molecule has 2 aliphatic heterocycles. The molecule has 0 radical (unpaired) electrons. The molecule has 7 heteroatoms. The lowest BCUT2D eigenvalue weighted by Crippen LogP contribution is -2.46. The van der Waals surface area contributed by atoms with Gasteiger partial charge in [-0.3, -0.25) is 4.79 Å². The lowest BCUT2D eigenvalue weighted by Gasteiger charge is -2.38. The molecule has 156 valence electrons. The Hall–Kier alpha value is -2.96. The highest BCUT2D eigenvalue weighted by molar-refractivity contribution is 5.96. The van der Waals surface area contributed by atoms with E-state index >= 15 is 0 Å². The van der Waals surface area contributed by atoms with Crippen molar-refractivity contribution in [3.63, 3.8) is 0 Å². The molecule has 2 saturated heterocycles. The summed E-state index contributed by atoms with van der Waals surface area (Å²) >= 11 is 0. The van der Waals surface area contributed by atoms with Gasteiger partial charge in [0.15, 0.2) is 0 Å². The summed E-state index contributed by atoms with van der Waals surface area (Å²) in [6.45, 7) is 6.10. The van der Waals surface area contributed by atoms with Crippen molar-refractivity contribution in [2.45, 2.75) is 51.5 Å². The van der Waals surface area contributed by atoms with Gasteiger partial charge < -0.3 is 14.3 Å². The van der Waals surface area contributed by atoms with Crippen LogP contribution < -0.4 is 4.90 Å². The molecule has 0 aliphatic carbocycles. The second kappa shape index (κ2) is 7.38. The Morgan fingerprint density at radius 3 is 2.67 bits per heavy atom. The molecule has 2 aromatic heterocycles. The first kappa shape index (κ1) is 19.0. The van der Waals surface area contributed by atoms with E-state index in [2.05, 4.69) is 10.1 Å². The third kappa shape index (κ3) is 3.13. The predicted octanol–water partition coefficient (Wildman–Crippen LogP) is 3.90. The average Bonchev–Trinajstić information content (AvgIpc) is 3.24. The minimum atomic E-state index is 0.0240. The third-order valence-electron chi connectivity index (χ3n) is 6.77. The summed E-state index contributed by atoms with van der Waals surface area (Å²) in [5.74, 6) is 1.45. The molecule has 1 spiro atoms. The highest BCUT2D eigenvalue weighted by atomic mass is 16.5. The van der Waals surface area contributed by atoms with Gasteiger partial charge in [0, 0.05) is 36.8 Å². The van der Waals surface area contributed by atoms with E-state index in [1.807, 2.05) is 49.2 Å². The largest absolute Gasteiger partial charge is 0.361 e. The first-order valence-electron chi connectivity index (χ1n) is 10.8. The molecule has 2 fully saturated rings. The summed E-state index contributed by atoms with van der Waals surface area (Å²) in [5.41, 5.74) is 2.29. The van der Waals surface area contributed by atoms with Crippen LogP contribution in [0, 0.1) is 13.8 Å². The fourth-order valence-corrected chi connectivity index (χ4v) is 5.19. The van der Waals surface area contributed by atoms with Gasteiger partial charge >= 0.3 is 0 Å². The van der Waals surface area contributed by atoms with Gasteiger partial charge in [-0.05, 0) is 52.0 Å². The number of hydrogen-bond acceptors (Lipinski definition) is 6. The van der Waals surface area contributed by atoms with E-state index in [0.29, 0.717) is 17.0 Å². The van der Waals surface area contributed by atoms with Crippen LogP contribution in [0.4, 0.5) is 5.95 Å². The molecule has 1 unspecified atom stereocenters.